The van der Waals surface area contributed by atoms with Gasteiger partial charge in [-0.25, -0.2) is 9.59 Å². The molecule has 3 aromatic rings. The molecule has 4 rings (SSSR count). The number of urea groups is 1. The summed E-state index contributed by atoms with van der Waals surface area (Å²) in [7, 11) is 0. The largest absolute Gasteiger partial charge is 0.478 e. The number of benzene rings is 1. The number of rotatable bonds is 4. The number of aromatic amines is 1. The Balaban J connectivity index is 1.90. The van der Waals surface area contributed by atoms with Crippen molar-refractivity contribution in [3.8, 4) is 21.8 Å². The van der Waals surface area contributed by atoms with Crippen LogP contribution in [-0.2, 0) is 6.42 Å². The van der Waals surface area contributed by atoms with Crippen molar-refractivity contribution in [2.75, 3.05) is 5.32 Å². The van der Waals surface area contributed by atoms with Crippen molar-refractivity contribution in [1.82, 2.24) is 10.2 Å². The zero-order valence-corrected chi connectivity index (χ0v) is 14.9. The Morgan fingerprint density at radius 2 is 2.11 bits per heavy atom. The van der Waals surface area contributed by atoms with Crippen molar-refractivity contribution >= 4 is 34.8 Å². The Labute approximate surface area is 157 Å². The number of carbonyl (C=O) groups is 3. The predicted octanol–water partition coefficient (Wildman–Crippen LogP) is 3.10. The molecule has 0 saturated carbocycles. The SMILES string of the molecule is CCc1cc(C(=O)O)c(-c2[nH]nc3c2C(=O)c2c(NC(N)=O)cccc2-3)s1. The third kappa shape index (κ3) is 2.51. The number of carboxylic acids is 1. The number of nitrogens with one attached hydrogen (secondary N) is 2. The molecule has 0 saturated heterocycles. The van der Waals surface area contributed by atoms with Crippen LogP contribution in [0, 0.1) is 0 Å². The molecule has 1 aromatic carbocycles. The van der Waals surface area contributed by atoms with Crippen molar-refractivity contribution in [1.29, 1.82) is 0 Å². The lowest BCUT2D eigenvalue weighted by Gasteiger charge is -2.07. The number of aromatic nitrogens is 2. The fourth-order valence-corrected chi connectivity index (χ4v) is 4.33. The van der Waals surface area contributed by atoms with Crippen LogP contribution in [0.2, 0.25) is 0 Å². The second-order valence-corrected chi connectivity index (χ2v) is 7.12. The summed E-state index contributed by atoms with van der Waals surface area (Å²) >= 11 is 1.31. The van der Waals surface area contributed by atoms with Crippen LogP contribution in [0.25, 0.3) is 21.8 Å². The van der Waals surface area contributed by atoms with E-state index in [0.29, 0.717) is 45.1 Å². The highest BCUT2D eigenvalue weighted by atomic mass is 32.1. The number of fused-ring (bicyclic) bond motifs is 3. The van der Waals surface area contributed by atoms with Gasteiger partial charge in [0.25, 0.3) is 0 Å². The number of nitrogens with zero attached hydrogens (tertiary/aromatic N) is 1. The van der Waals surface area contributed by atoms with E-state index in [2.05, 4.69) is 15.5 Å². The van der Waals surface area contributed by atoms with Gasteiger partial charge in [-0.3, -0.25) is 9.89 Å². The minimum atomic E-state index is -1.07. The van der Waals surface area contributed by atoms with E-state index in [1.54, 1.807) is 24.3 Å². The van der Waals surface area contributed by atoms with Gasteiger partial charge in [-0.1, -0.05) is 19.1 Å². The number of hydrogen-bond donors (Lipinski definition) is 4. The van der Waals surface area contributed by atoms with Crippen LogP contribution >= 0.6 is 11.3 Å². The Hall–Kier alpha value is -3.46. The van der Waals surface area contributed by atoms with Gasteiger partial charge in [0.1, 0.15) is 5.69 Å². The molecule has 9 heteroatoms. The second-order valence-electron chi connectivity index (χ2n) is 5.98. The van der Waals surface area contributed by atoms with Gasteiger partial charge in [0.2, 0.25) is 0 Å². The highest BCUT2D eigenvalue weighted by molar-refractivity contribution is 7.16. The molecule has 2 heterocycles. The van der Waals surface area contributed by atoms with Crippen molar-refractivity contribution in [2.45, 2.75) is 13.3 Å². The topological polar surface area (TPSA) is 138 Å². The molecule has 0 aliphatic heterocycles. The smallest absolute Gasteiger partial charge is 0.337 e. The highest BCUT2D eigenvalue weighted by Crippen LogP contribution is 2.45. The number of anilines is 1. The number of nitrogens with two attached hydrogens (primary N) is 1. The molecule has 27 heavy (non-hydrogen) atoms. The molecular formula is C18H14N4O4S. The average molecular weight is 382 g/mol. The molecule has 8 nitrogen and oxygen atoms in total. The number of aromatic carboxylic acids is 1. The lowest BCUT2D eigenvalue weighted by molar-refractivity contribution is 0.0697. The summed E-state index contributed by atoms with van der Waals surface area (Å²) < 4.78 is 0. The number of ketones is 1. The van der Waals surface area contributed by atoms with Gasteiger partial charge in [0.15, 0.2) is 5.78 Å². The third-order valence-electron chi connectivity index (χ3n) is 4.39. The third-order valence-corrected chi connectivity index (χ3v) is 5.68. The summed E-state index contributed by atoms with van der Waals surface area (Å²) in [6, 6.07) is 5.83. The molecule has 0 bridgehead atoms. The Morgan fingerprint density at radius 3 is 2.78 bits per heavy atom. The van der Waals surface area contributed by atoms with Crippen molar-refractivity contribution in [2.24, 2.45) is 5.73 Å². The van der Waals surface area contributed by atoms with Gasteiger partial charge in [-0.2, -0.15) is 5.10 Å². The number of amides is 2. The van der Waals surface area contributed by atoms with Gasteiger partial charge < -0.3 is 16.2 Å². The Kier molecular flexibility index (Phi) is 3.81. The first-order valence-corrected chi connectivity index (χ1v) is 8.93. The minimum absolute atomic E-state index is 0.127. The zero-order chi connectivity index (χ0) is 19.3. The standard InChI is InChI=1S/C18H14N4O4S/c1-2-7-6-9(17(24)25)16(27-7)14-12-13(21-22-14)8-4-3-5-10(20-18(19)26)11(8)15(12)23/h3-6H,2H2,1H3,(H,21,22)(H,24,25)(H3,19,20,26). The number of carboxylic acid groups (broad SMARTS) is 1. The van der Waals surface area contributed by atoms with Crippen LogP contribution in [0.15, 0.2) is 24.3 Å². The number of carbonyl (C=O) groups excluding carboxylic acids is 2. The summed E-state index contributed by atoms with van der Waals surface area (Å²) in [6.07, 6.45) is 0.683. The van der Waals surface area contributed by atoms with E-state index in [1.165, 1.54) is 11.3 Å². The van der Waals surface area contributed by atoms with E-state index >= 15 is 0 Å². The van der Waals surface area contributed by atoms with E-state index in [-0.39, 0.29) is 11.3 Å². The first kappa shape index (κ1) is 17.0. The maximum Gasteiger partial charge on any atom is 0.337 e. The maximum absolute atomic E-state index is 13.1. The Morgan fingerprint density at radius 1 is 1.33 bits per heavy atom. The minimum Gasteiger partial charge on any atom is -0.478 e. The number of primary amides is 1. The van der Waals surface area contributed by atoms with Crippen LogP contribution in [0.5, 0.6) is 0 Å². The molecule has 2 amide bonds. The molecule has 5 N–H and O–H groups in total. The first-order valence-electron chi connectivity index (χ1n) is 8.11. The van der Waals surface area contributed by atoms with Crippen LogP contribution < -0.4 is 11.1 Å². The van der Waals surface area contributed by atoms with Crippen molar-refractivity contribution in [3.63, 3.8) is 0 Å². The predicted molar refractivity (Wildman–Crippen MR) is 100 cm³/mol. The quantitative estimate of drug-likeness (QED) is 0.430. The van der Waals surface area contributed by atoms with Crippen molar-refractivity contribution in [3.05, 3.63) is 45.8 Å². The number of aryl methyl sites for hydroxylation is 1. The lowest BCUT2D eigenvalue weighted by Crippen LogP contribution is -2.20. The molecule has 0 atom stereocenters. The van der Waals surface area contributed by atoms with E-state index in [9.17, 15) is 19.5 Å². The lowest BCUT2D eigenvalue weighted by atomic mass is 10.1. The summed E-state index contributed by atoms with van der Waals surface area (Å²) in [4.78, 5) is 37.4. The Bertz CT molecular complexity index is 1130. The molecule has 1 aliphatic carbocycles. The number of hydrogen-bond acceptors (Lipinski definition) is 5. The molecule has 1 aliphatic rings. The van der Waals surface area contributed by atoms with Gasteiger partial charge in [0.05, 0.1) is 32.9 Å². The summed E-state index contributed by atoms with van der Waals surface area (Å²) in [5.74, 6) is -1.40. The fourth-order valence-electron chi connectivity index (χ4n) is 3.24. The average Bonchev–Trinajstić information content (AvgIpc) is 3.29. The van der Waals surface area contributed by atoms with Gasteiger partial charge in [-0.15, -0.1) is 11.3 Å². The molecule has 0 unspecified atom stereocenters. The number of H-pyrrole nitrogens is 1. The normalized spacial score (nSPS) is 12.0. The molecule has 2 aromatic heterocycles. The fraction of sp³-hybridized carbons (Fsp3) is 0.111. The zero-order valence-electron chi connectivity index (χ0n) is 14.1. The van der Waals surface area contributed by atoms with Crippen LogP contribution in [0.1, 0.15) is 38.1 Å². The van der Waals surface area contributed by atoms with E-state index in [4.69, 9.17) is 5.73 Å². The maximum atomic E-state index is 13.1. The van der Waals surface area contributed by atoms with E-state index < -0.39 is 12.0 Å². The van der Waals surface area contributed by atoms with Gasteiger partial charge in [-0.05, 0) is 18.6 Å². The number of thiophene rings is 1. The highest BCUT2D eigenvalue weighted by Gasteiger charge is 2.36. The van der Waals surface area contributed by atoms with Crippen LogP contribution in [0.4, 0.5) is 10.5 Å². The van der Waals surface area contributed by atoms with Crippen LogP contribution in [0.3, 0.4) is 0 Å². The summed E-state index contributed by atoms with van der Waals surface area (Å²) in [5, 5.41) is 19.0. The van der Waals surface area contributed by atoms with Crippen LogP contribution in [-0.4, -0.2) is 33.1 Å². The van der Waals surface area contributed by atoms with Crippen molar-refractivity contribution < 1.29 is 19.5 Å². The summed E-state index contributed by atoms with van der Waals surface area (Å²) in [6.45, 7) is 1.93. The summed E-state index contributed by atoms with van der Waals surface area (Å²) in [5.41, 5.74) is 7.58. The molecule has 0 fully saturated rings. The van der Waals surface area contributed by atoms with Gasteiger partial charge in [0, 0.05) is 10.4 Å². The molecule has 0 radical (unpaired) electrons. The molecule has 0 spiro atoms. The van der Waals surface area contributed by atoms with E-state index in [0.717, 1.165) is 4.88 Å². The molecule has 136 valence electrons. The second kappa shape index (κ2) is 6.06. The first-order chi connectivity index (χ1) is 12.9. The molecular weight excluding hydrogens is 368 g/mol. The van der Waals surface area contributed by atoms with Gasteiger partial charge >= 0.3 is 12.0 Å². The van der Waals surface area contributed by atoms with E-state index in [1.807, 2.05) is 6.92 Å². The monoisotopic (exact) mass is 382 g/mol.